The van der Waals surface area contributed by atoms with Crippen LogP contribution in [0, 0.1) is 29.1 Å². The van der Waals surface area contributed by atoms with Gasteiger partial charge in [-0.3, -0.25) is 4.79 Å². The van der Waals surface area contributed by atoms with Crippen LogP contribution < -0.4 is 0 Å². The molecule has 74 valence electrons. The van der Waals surface area contributed by atoms with Crippen molar-refractivity contribution in [3.63, 3.8) is 0 Å². The number of hydrogen-bond acceptors (Lipinski definition) is 1. The van der Waals surface area contributed by atoms with Crippen molar-refractivity contribution in [3.05, 3.63) is 24.3 Å². The van der Waals surface area contributed by atoms with E-state index >= 15 is 0 Å². The normalized spacial score (nSPS) is 47.1. The summed E-state index contributed by atoms with van der Waals surface area (Å²) in [5.41, 5.74) is -0.0651. The highest BCUT2D eigenvalue weighted by molar-refractivity contribution is 5.95. The largest absolute Gasteiger partial charge is 0.298 e. The van der Waals surface area contributed by atoms with Gasteiger partial charge in [0.15, 0.2) is 0 Å². The first-order valence-corrected chi connectivity index (χ1v) is 5.51. The van der Waals surface area contributed by atoms with Crippen LogP contribution in [0.4, 0.5) is 0 Å². The van der Waals surface area contributed by atoms with E-state index in [9.17, 15) is 4.79 Å². The van der Waals surface area contributed by atoms with Crippen LogP contribution in [0.3, 0.4) is 0 Å². The molecule has 3 rings (SSSR count). The van der Waals surface area contributed by atoms with Crippen LogP contribution in [0.5, 0.6) is 0 Å². The SMILES string of the molecule is CC1(C)C(=O)[C@@H]2C=C[C@H]3C=CC[C@H]3[C@@H]21. The minimum Gasteiger partial charge on any atom is -0.298 e. The highest BCUT2D eigenvalue weighted by atomic mass is 16.1. The standard InChI is InChI=1S/C13H16O/c1-13(2)11-9-5-3-4-8(9)6-7-10(11)12(13)14/h3-4,6-11H,5H2,1-2H3/t8-,9-,10-,11+/m1/s1. The molecule has 1 nitrogen and oxygen atoms in total. The highest BCUT2D eigenvalue weighted by Gasteiger charge is 2.59. The predicted octanol–water partition coefficient (Wildman–Crippen LogP) is 2.59. The van der Waals surface area contributed by atoms with Gasteiger partial charge in [0.1, 0.15) is 5.78 Å². The molecule has 1 fully saturated rings. The van der Waals surface area contributed by atoms with Crippen molar-refractivity contribution in [3.8, 4) is 0 Å². The van der Waals surface area contributed by atoms with Crippen molar-refractivity contribution >= 4 is 5.78 Å². The Hall–Kier alpha value is -0.850. The molecule has 0 heterocycles. The van der Waals surface area contributed by atoms with Crippen LogP contribution in [0.15, 0.2) is 24.3 Å². The van der Waals surface area contributed by atoms with Gasteiger partial charge in [-0.2, -0.15) is 0 Å². The monoisotopic (exact) mass is 188 g/mol. The molecule has 0 spiro atoms. The summed E-state index contributed by atoms with van der Waals surface area (Å²) in [5.74, 6) is 2.61. The molecule has 0 radical (unpaired) electrons. The topological polar surface area (TPSA) is 17.1 Å². The van der Waals surface area contributed by atoms with E-state index in [0.717, 1.165) is 0 Å². The van der Waals surface area contributed by atoms with Crippen molar-refractivity contribution in [2.75, 3.05) is 0 Å². The first-order valence-electron chi connectivity index (χ1n) is 5.51. The quantitative estimate of drug-likeness (QED) is 0.534. The molecule has 3 aliphatic rings. The maximum absolute atomic E-state index is 11.8. The molecule has 0 aromatic carbocycles. The van der Waals surface area contributed by atoms with Crippen LogP contribution >= 0.6 is 0 Å². The minimum absolute atomic E-state index is 0.0651. The fraction of sp³-hybridized carbons (Fsp3) is 0.615. The molecule has 0 amide bonds. The molecule has 0 N–H and O–H groups in total. The average molecular weight is 188 g/mol. The third kappa shape index (κ3) is 0.789. The predicted molar refractivity (Wildman–Crippen MR) is 55.6 cm³/mol. The van der Waals surface area contributed by atoms with Crippen LogP contribution in [0.2, 0.25) is 0 Å². The maximum Gasteiger partial charge on any atom is 0.145 e. The van der Waals surface area contributed by atoms with E-state index in [0.29, 0.717) is 23.5 Å². The minimum atomic E-state index is -0.0651. The van der Waals surface area contributed by atoms with Crippen molar-refractivity contribution in [1.29, 1.82) is 0 Å². The number of Topliss-reactive ketones (excluding diaryl/α,β-unsaturated/α-hetero) is 1. The number of ketones is 1. The summed E-state index contributed by atoms with van der Waals surface area (Å²) in [5, 5.41) is 0. The Labute approximate surface area is 84.9 Å². The molecule has 0 aromatic heterocycles. The van der Waals surface area contributed by atoms with Gasteiger partial charge in [0, 0.05) is 11.3 Å². The fourth-order valence-electron chi connectivity index (χ4n) is 3.65. The van der Waals surface area contributed by atoms with E-state index in [4.69, 9.17) is 0 Å². The second kappa shape index (κ2) is 2.39. The summed E-state index contributed by atoms with van der Waals surface area (Å²) >= 11 is 0. The summed E-state index contributed by atoms with van der Waals surface area (Å²) in [6.07, 6.45) is 10.1. The molecule has 1 heteroatoms. The van der Waals surface area contributed by atoms with E-state index in [1.54, 1.807) is 0 Å². The lowest BCUT2D eigenvalue weighted by Crippen LogP contribution is -2.58. The zero-order chi connectivity index (χ0) is 9.92. The van der Waals surface area contributed by atoms with Gasteiger partial charge in [-0.15, -0.1) is 0 Å². The summed E-state index contributed by atoms with van der Waals surface area (Å²) in [6, 6.07) is 0. The first-order chi connectivity index (χ1) is 6.62. The van der Waals surface area contributed by atoms with E-state index < -0.39 is 0 Å². The molecule has 0 aromatic rings. The van der Waals surface area contributed by atoms with Crippen molar-refractivity contribution < 1.29 is 4.79 Å². The van der Waals surface area contributed by atoms with Crippen LogP contribution in [-0.4, -0.2) is 5.78 Å². The fourth-order valence-corrected chi connectivity index (χ4v) is 3.65. The summed E-state index contributed by atoms with van der Waals surface area (Å²) in [6.45, 7) is 4.23. The zero-order valence-corrected chi connectivity index (χ0v) is 8.73. The molecule has 14 heavy (non-hydrogen) atoms. The van der Waals surface area contributed by atoms with E-state index in [1.165, 1.54) is 6.42 Å². The number of carbonyl (C=O) groups is 1. The second-order valence-corrected chi connectivity index (χ2v) is 5.43. The van der Waals surface area contributed by atoms with Crippen molar-refractivity contribution in [1.82, 2.24) is 0 Å². The Balaban J connectivity index is 1.99. The zero-order valence-electron chi connectivity index (χ0n) is 8.73. The summed E-state index contributed by atoms with van der Waals surface area (Å²) < 4.78 is 0. The van der Waals surface area contributed by atoms with Gasteiger partial charge in [-0.25, -0.2) is 0 Å². The Bertz CT molecular complexity index is 348. The van der Waals surface area contributed by atoms with Crippen molar-refractivity contribution in [2.45, 2.75) is 20.3 Å². The molecule has 3 aliphatic carbocycles. The van der Waals surface area contributed by atoms with Gasteiger partial charge in [-0.05, 0) is 24.2 Å². The van der Waals surface area contributed by atoms with E-state index in [1.807, 2.05) is 0 Å². The van der Waals surface area contributed by atoms with Gasteiger partial charge in [-0.1, -0.05) is 38.2 Å². The number of carbonyl (C=O) groups excluding carboxylic acids is 1. The molecule has 0 unspecified atom stereocenters. The molecule has 4 atom stereocenters. The third-order valence-corrected chi connectivity index (χ3v) is 4.42. The summed E-state index contributed by atoms with van der Waals surface area (Å²) in [7, 11) is 0. The Morgan fingerprint density at radius 2 is 2.07 bits per heavy atom. The van der Waals surface area contributed by atoms with Crippen LogP contribution in [-0.2, 0) is 4.79 Å². The molecule has 1 saturated carbocycles. The average Bonchev–Trinajstić information content (AvgIpc) is 2.62. The number of fused-ring (bicyclic) bond motifs is 3. The van der Waals surface area contributed by atoms with Gasteiger partial charge >= 0.3 is 0 Å². The van der Waals surface area contributed by atoms with E-state index in [2.05, 4.69) is 38.2 Å². The molecule has 0 saturated heterocycles. The van der Waals surface area contributed by atoms with E-state index in [-0.39, 0.29) is 11.3 Å². The number of allylic oxidation sites excluding steroid dienone is 4. The molecule has 0 bridgehead atoms. The van der Waals surface area contributed by atoms with Gasteiger partial charge < -0.3 is 0 Å². The van der Waals surface area contributed by atoms with Gasteiger partial charge in [0.05, 0.1) is 0 Å². The second-order valence-electron chi connectivity index (χ2n) is 5.43. The Morgan fingerprint density at radius 3 is 2.86 bits per heavy atom. The lowest BCUT2D eigenvalue weighted by Gasteiger charge is -2.54. The lowest BCUT2D eigenvalue weighted by atomic mass is 9.47. The lowest BCUT2D eigenvalue weighted by molar-refractivity contribution is -0.155. The highest BCUT2D eigenvalue weighted by Crippen LogP contribution is 2.58. The summed E-state index contributed by atoms with van der Waals surface area (Å²) in [4.78, 5) is 11.8. The number of hydrogen-bond donors (Lipinski definition) is 0. The molecular weight excluding hydrogens is 172 g/mol. The van der Waals surface area contributed by atoms with Crippen molar-refractivity contribution in [2.24, 2.45) is 29.1 Å². The maximum atomic E-state index is 11.8. The molecule has 0 aliphatic heterocycles. The Morgan fingerprint density at radius 1 is 1.29 bits per heavy atom. The van der Waals surface area contributed by atoms with Gasteiger partial charge in [0.25, 0.3) is 0 Å². The third-order valence-electron chi connectivity index (χ3n) is 4.42. The molecular formula is C13H16O. The van der Waals surface area contributed by atoms with Crippen LogP contribution in [0.25, 0.3) is 0 Å². The first kappa shape index (κ1) is 8.46. The van der Waals surface area contributed by atoms with Gasteiger partial charge in [0.2, 0.25) is 0 Å². The number of rotatable bonds is 0. The van der Waals surface area contributed by atoms with Crippen LogP contribution in [0.1, 0.15) is 20.3 Å². The smallest absolute Gasteiger partial charge is 0.145 e. The Kier molecular flexibility index (Phi) is 1.44.